The van der Waals surface area contributed by atoms with Gasteiger partial charge in [0.05, 0.1) is 6.54 Å². The van der Waals surface area contributed by atoms with E-state index in [1.807, 2.05) is 6.92 Å². The van der Waals surface area contributed by atoms with Crippen molar-refractivity contribution in [2.24, 2.45) is 0 Å². The number of hydrogen-bond donors (Lipinski definition) is 1. The molecule has 1 aromatic heterocycles. The highest BCUT2D eigenvalue weighted by Crippen LogP contribution is 2.19. The number of terminal acetylenes is 1. The first-order valence-electron chi connectivity index (χ1n) is 4.66. The molecular weight excluding hydrogens is 228 g/mol. The van der Waals surface area contributed by atoms with E-state index in [1.165, 1.54) is 17.9 Å². The average Bonchev–Trinajstić information content (AvgIpc) is 2.60. The van der Waals surface area contributed by atoms with Crippen molar-refractivity contribution in [3.8, 4) is 12.3 Å². The van der Waals surface area contributed by atoms with Gasteiger partial charge in [-0.3, -0.25) is 4.68 Å². The Balaban J connectivity index is 3.17. The van der Waals surface area contributed by atoms with Crippen molar-refractivity contribution in [2.75, 3.05) is 19.3 Å². The van der Waals surface area contributed by atoms with E-state index in [0.29, 0.717) is 6.54 Å². The Morgan fingerprint density at radius 3 is 2.75 bits per heavy atom. The molecule has 88 valence electrons. The van der Waals surface area contributed by atoms with Crippen LogP contribution in [0.25, 0.3) is 0 Å². The quantitative estimate of drug-likeness (QED) is 0.737. The minimum absolute atomic E-state index is 0.000914. The van der Waals surface area contributed by atoms with Crippen LogP contribution in [0.1, 0.15) is 6.92 Å². The number of rotatable bonds is 4. The topological polar surface area (TPSA) is 81.2 Å². The second-order valence-corrected chi connectivity index (χ2v) is 5.21. The van der Waals surface area contributed by atoms with E-state index >= 15 is 0 Å². The highest BCUT2D eigenvalue weighted by atomic mass is 32.2. The van der Waals surface area contributed by atoms with Crippen LogP contribution in [0.4, 0.5) is 5.82 Å². The zero-order chi connectivity index (χ0) is 12.3. The van der Waals surface area contributed by atoms with Gasteiger partial charge >= 0.3 is 0 Å². The molecule has 0 bridgehead atoms. The summed E-state index contributed by atoms with van der Waals surface area (Å²) in [7, 11) is -2.24. The van der Waals surface area contributed by atoms with Crippen molar-refractivity contribution in [3.05, 3.63) is 6.20 Å². The molecule has 0 amide bonds. The Morgan fingerprint density at radius 1 is 1.69 bits per heavy atom. The molecule has 0 saturated carbocycles. The van der Waals surface area contributed by atoms with Gasteiger partial charge in [-0.1, -0.05) is 5.92 Å². The molecule has 0 aliphatic carbocycles. The van der Waals surface area contributed by atoms with Crippen LogP contribution in [-0.2, 0) is 16.6 Å². The minimum Gasteiger partial charge on any atom is -0.381 e. The van der Waals surface area contributed by atoms with Gasteiger partial charge in [-0.25, -0.2) is 8.42 Å². The third-order valence-electron chi connectivity index (χ3n) is 2.08. The number of anilines is 1. The van der Waals surface area contributed by atoms with Gasteiger partial charge in [0, 0.05) is 19.8 Å². The van der Waals surface area contributed by atoms with Gasteiger partial charge in [0.2, 0.25) is 10.0 Å². The third kappa shape index (κ3) is 2.18. The number of hydrogen-bond acceptors (Lipinski definition) is 4. The van der Waals surface area contributed by atoms with Crippen LogP contribution in [0.15, 0.2) is 11.1 Å². The molecule has 7 heteroatoms. The number of nitrogens with two attached hydrogens (primary N) is 1. The predicted molar refractivity (Wildman–Crippen MR) is 61.0 cm³/mol. The number of sulfonamides is 1. The number of aryl methyl sites for hydroxylation is 1. The molecule has 0 aromatic carbocycles. The number of aromatic nitrogens is 2. The van der Waals surface area contributed by atoms with Crippen LogP contribution in [-0.4, -0.2) is 36.1 Å². The van der Waals surface area contributed by atoms with E-state index in [4.69, 9.17) is 12.2 Å². The van der Waals surface area contributed by atoms with Crippen molar-refractivity contribution in [1.29, 1.82) is 0 Å². The molecule has 0 aliphatic heterocycles. The van der Waals surface area contributed by atoms with Crippen LogP contribution >= 0.6 is 0 Å². The Kier molecular flexibility index (Phi) is 3.57. The van der Waals surface area contributed by atoms with Crippen molar-refractivity contribution in [1.82, 2.24) is 14.1 Å². The molecule has 0 saturated heterocycles. The Bertz CT molecular complexity index is 512. The van der Waals surface area contributed by atoms with Crippen LogP contribution in [0, 0.1) is 12.3 Å². The summed E-state index contributed by atoms with van der Waals surface area (Å²) < 4.78 is 26.5. The lowest BCUT2D eigenvalue weighted by Crippen LogP contribution is -2.27. The summed E-state index contributed by atoms with van der Waals surface area (Å²) in [5.41, 5.74) is 5.55. The highest BCUT2D eigenvalue weighted by Gasteiger charge is 2.25. The fourth-order valence-electron chi connectivity index (χ4n) is 1.16. The summed E-state index contributed by atoms with van der Waals surface area (Å²) in [4.78, 5) is -0.00731. The lowest BCUT2D eigenvalue weighted by Gasteiger charge is -2.12. The number of nitrogen functional groups attached to an aromatic ring is 1. The lowest BCUT2D eigenvalue weighted by atomic mass is 10.6. The Morgan fingerprint density at radius 2 is 2.31 bits per heavy atom. The monoisotopic (exact) mass is 242 g/mol. The zero-order valence-corrected chi connectivity index (χ0v) is 10.0. The summed E-state index contributed by atoms with van der Waals surface area (Å²) in [6, 6.07) is 0. The van der Waals surface area contributed by atoms with E-state index in [1.54, 1.807) is 0 Å². The molecule has 0 unspecified atom stereocenters. The highest BCUT2D eigenvalue weighted by molar-refractivity contribution is 7.89. The molecule has 1 rings (SSSR count). The second kappa shape index (κ2) is 4.55. The minimum atomic E-state index is -3.64. The molecule has 2 N–H and O–H groups in total. The molecule has 0 fully saturated rings. The maximum atomic E-state index is 12.0. The van der Waals surface area contributed by atoms with Gasteiger partial charge in [0.15, 0.2) is 5.82 Å². The smallest absolute Gasteiger partial charge is 0.248 e. The lowest BCUT2D eigenvalue weighted by molar-refractivity contribution is 0.503. The molecular formula is C9H14N4O2S. The van der Waals surface area contributed by atoms with Crippen molar-refractivity contribution in [3.63, 3.8) is 0 Å². The molecule has 1 aromatic rings. The first-order chi connectivity index (χ1) is 7.43. The molecule has 0 radical (unpaired) electrons. The van der Waals surface area contributed by atoms with Crippen LogP contribution in [0.3, 0.4) is 0 Å². The summed E-state index contributed by atoms with van der Waals surface area (Å²) in [6.07, 6.45) is 6.47. The van der Waals surface area contributed by atoms with E-state index in [9.17, 15) is 8.42 Å². The molecule has 16 heavy (non-hydrogen) atoms. The van der Waals surface area contributed by atoms with E-state index in [0.717, 1.165) is 4.31 Å². The standard InChI is InChI=1S/C9H14N4O2S/c1-4-6-12(3)16(14,15)8-7-13(5-2)11-9(8)10/h1,7H,5-6H2,2-3H3,(H2,10,11). The largest absolute Gasteiger partial charge is 0.381 e. The van der Waals surface area contributed by atoms with Crippen molar-refractivity contribution in [2.45, 2.75) is 18.4 Å². The van der Waals surface area contributed by atoms with Gasteiger partial charge in [-0.15, -0.1) is 6.42 Å². The maximum absolute atomic E-state index is 12.0. The molecule has 0 aliphatic rings. The summed E-state index contributed by atoms with van der Waals surface area (Å²) in [5.74, 6) is 2.25. The average molecular weight is 242 g/mol. The van der Waals surface area contributed by atoms with Gasteiger partial charge in [-0.2, -0.15) is 9.40 Å². The Hall–Kier alpha value is -1.52. The third-order valence-corrected chi connectivity index (χ3v) is 3.90. The second-order valence-electron chi connectivity index (χ2n) is 3.20. The van der Waals surface area contributed by atoms with Gasteiger partial charge in [0.25, 0.3) is 0 Å². The van der Waals surface area contributed by atoms with E-state index in [-0.39, 0.29) is 17.3 Å². The Labute approximate surface area is 95.1 Å². The van der Waals surface area contributed by atoms with Crippen LogP contribution < -0.4 is 5.73 Å². The van der Waals surface area contributed by atoms with E-state index < -0.39 is 10.0 Å². The first-order valence-corrected chi connectivity index (χ1v) is 6.10. The van der Waals surface area contributed by atoms with Gasteiger partial charge in [0.1, 0.15) is 4.90 Å². The number of nitrogens with zero attached hydrogens (tertiary/aromatic N) is 3. The fraction of sp³-hybridized carbons (Fsp3) is 0.444. The van der Waals surface area contributed by atoms with Crippen LogP contribution in [0.5, 0.6) is 0 Å². The predicted octanol–water partition coefficient (Wildman–Crippen LogP) is -0.261. The molecule has 1 heterocycles. The summed E-state index contributed by atoms with van der Waals surface area (Å²) in [6.45, 7) is 2.39. The first kappa shape index (κ1) is 12.5. The maximum Gasteiger partial charge on any atom is 0.248 e. The van der Waals surface area contributed by atoms with Crippen LogP contribution in [0.2, 0.25) is 0 Å². The van der Waals surface area contributed by atoms with Crippen molar-refractivity contribution < 1.29 is 8.42 Å². The molecule has 0 spiro atoms. The molecule has 0 atom stereocenters. The summed E-state index contributed by atoms with van der Waals surface area (Å²) in [5, 5.41) is 3.87. The van der Waals surface area contributed by atoms with Crippen molar-refractivity contribution >= 4 is 15.8 Å². The zero-order valence-electron chi connectivity index (χ0n) is 9.21. The SMILES string of the molecule is C#CCN(C)S(=O)(=O)c1cn(CC)nc1N. The molecule has 6 nitrogen and oxygen atoms in total. The normalized spacial score (nSPS) is 11.6. The van der Waals surface area contributed by atoms with E-state index in [2.05, 4.69) is 11.0 Å². The summed E-state index contributed by atoms with van der Waals surface area (Å²) >= 11 is 0. The van der Waals surface area contributed by atoms with Gasteiger partial charge < -0.3 is 5.73 Å². The fourth-order valence-corrected chi connectivity index (χ4v) is 2.30. The van der Waals surface area contributed by atoms with Gasteiger partial charge in [-0.05, 0) is 6.92 Å².